The summed E-state index contributed by atoms with van der Waals surface area (Å²) in [6.45, 7) is 3.57. The fourth-order valence-corrected chi connectivity index (χ4v) is 2.81. The minimum Gasteiger partial charge on any atom is -0.493 e. The molecule has 0 fully saturated rings. The van der Waals surface area contributed by atoms with Gasteiger partial charge in [0.25, 0.3) is 0 Å². The van der Waals surface area contributed by atoms with Crippen molar-refractivity contribution in [2.45, 2.75) is 13.0 Å². The highest BCUT2D eigenvalue weighted by atomic mass is 35.5. The molecule has 0 bridgehead atoms. The Balaban J connectivity index is 0.00000364. The molecule has 2 atom stereocenters. The maximum Gasteiger partial charge on any atom is 0.407 e. The average Bonchev–Trinajstić information content (AvgIpc) is 2.65. The summed E-state index contributed by atoms with van der Waals surface area (Å²) in [7, 11) is 4.01. The van der Waals surface area contributed by atoms with E-state index in [-0.39, 0.29) is 18.3 Å². The van der Waals surface area contributed by atoms with Crippen LogP contribution in [0.4, 0.5) is 4.79 Å². The lowest BCUT2D eigenvalue weighted by Crippen LogP contribution is -2.35. The predicted molar refractivity (Wildman–Crippen MR) is 111 cm³/mol. The molecule has 2 rings (SSSR count). The second kappa shape index (κ2) is 12.2. The predicted octanol–water partition coefficient (Wildman–Crippen LogP) is 4.15. The Bertz CT molecular complexity index is 653. The minimum absolute atomic E-state index is 0. The summed E-state index contributed by atoms with van der Waals surface area (Å²) in [4.78, 5) is 14.2. The molecule has 27 heavy (non-hydrogen) atoms. The normalized spacial score (nSPS) is 12.6. The lowest BCUT2D eigenvalue weighted by Gasteiger charge is -2.29. The van der Waals surface area contributed by atoms with Gasteiger partial charge in [0.05, 0.1) is 6.61 Å². The number of carbonyl (C=O) groups excluding carboxylic acids is 1. The summed E-state index contributed by atoms with van der Waals surface area (Å²) in [5.74, 6) is 0.788. The van der Waals surface area contributed by atoms with Crippen LogP contribution >= 0.6 is 12.4 Å². The third-order valence-corrected chi connectivity index (χ3v) is 3.92. The summed E-state index contributed by atoms with van der Waals surface area (Å²) >= 11 is 0. The Labute approximate surface area is 168 Å². The van der Waals surface area contributed by atoms with Crippen molar-refractivity contribution < 1.29 is 14.3 Å². The maximum atomic E-state index is 12.1. The largest absolute Gasteiger partial charge is 0.493 e. The summed E-state index contributed by atoms with van der Waals surface area (Å²) < 4.78 is 11.7. The zero-order valence-corrected chi connectivity index (χ0v) is 16.9. The number of hydrogen-bond donors (Lipinski definition) is 1. The number of para-hydroxylation sites is 1. The summed E-state index contributed by atoms with van der Waals surface area (Å²) in [5, 5.41) is 2.71. The molecular formula is C21H29ClN2O3. The van der Waals surface area contributed by atoms with Crippen LogP contribution in [0.25, 0.3) is 0 Å². The van der Waals surface area contributed by atoms with Crippen LogP contribution in [0.2, 0.25) is 0 Å². The molecule has 5 nitrogen and oxygen atoms in total. The van der Waals surface area contributed by atoms with Crippen molar-refractivity contribution >= 4 is 18.5 Å². The summed E-state index contributed by atoms with van der Waals surface area (Å²) in [5.41, 5.74) is 0.960. The van der Waals surface area contributed by atoms with Crippen LogP contribution in [-0.4, -0.2) is 44.8 Å². The average molecular weight is 393 g/mol. The van der Waals surface area contributed by atoms with Crippen LogP contribution in [0.1, 0.15) is 18.6 Å². The van der Waals surface area contributed by atoms with Crippen LogP contribution in [0.5, 0.6) is 5.75 Å². The highest BCUT2D eigenvalue weighted by Crippen LogP contribution is 2.28. The first-order valence-corrected chi connectivity index (χ1v) is 8.92. The molecule has 0 spiro atoms. The molecule has 1 amide bonds. The van der Waals surface area contributed by atoms with Crippen LogP contribution in [-0.2, 0) is 4.74 Å². The zero-order chi connectivity index (χ0) is 18.8. The van der Waals surface area contributed by atoms with Crippen molar-refractivity contribution in [3.05, 3.63) is 66.2 Å². The Morgan fingerprint density at radius 3 is 2.19 bits per heavy atom. The molecule has 0 heterocycles. The van der Waals surface area contributed by atoms with Crippen molar-refractivity contribution in [2.24, 2.45) is 5.92 Å². The molecule has 6 heteroatoms. The molecular weight excluding hydrogens is 364 g/mol. The first-order chi connectivity index (χ1) is 12.6. The van der Waals surface area contributed by atoms with Gasteiger partial charge < -0.3 is 19.7 Å². The quantitative estimate of drug-likeness (QED) is 0.696. The van der Waals surface area contributed by atoms with Crippen LogP contribution in [0.3, 0.4) is 0 Å². The molecule has 0 aliphatic heterocycles. The molecule has 2 aromatic rings. The van der Waals surface area contributed by atoms with Gasteiger partial charge in [-0.05, 0) is 38.7 Å². The molecule has 1 N–H and O–H groups in total. The van der Waals surface area contributed by atoms with Crippen LogP contribution < -0.4 is 10.1 Å². The number of alkyl carbamates (subject to hydrolysis) is 1. The molecule has 0 aromatic heterocycles. The minimum atomic E-state index is -0.412. The molecule has 0 saturated carbocycles. The highest BCUT2D eigenvalue weighted by molar-refractivity contribution is 5.85. The zero-order valence-electron chi connectivity index (χ0n) is 16.1. The van der Waals surface area contributed by atoms with Gasteiger partial charge in [0, 0.05) is 19.0 Å². The fourth-order valence-electron chi connectivity index (χ4n) is 2.81. The van der Waals surface area contributed by atoms with Crippen molar-refractivity contribution in [3.63, 3.8) is 0 Å². The standard InChI is InChI=1S/C21H28N2O3.ClH/c1-4-22-21(24)26-20(17-11-7-5-8-12-17)18(15-23(2)3)16-25-19-13-9-6-10-14-19;/h5-14,18,20H,4,15-16H2,1-3H3,(H,22,24);1H. The third kappa shape index (κ3) is 7.89. The van der Waals surface area contributed by atoms with Gasteiger partial charge in [-0.25, -0.2) is 4.79 Å². The lowest BCUT2D eigenvalue weighted by atomic mass is 9.95. The van der Waals surface area contributed by atoms with Gasteiger partial charge >= 0.3 is 6.09 Å². The molecule has 2 aromatic carbocycles. The van der Waals surface area contributed by atoms with Gasteiger partial charge in [-0.3, -0.25) is 0 Å². The molecule has 2 unspecified atom stereocenters. The highest BCUT2D eigenvalue weighted by Gasteiger charge is 2.28. The van der Waals surface area contributed by atoms with Crippen LogP contribution in [0, 0.1) is 5.92 Å². The van der Waals surface area contributed by atoms with Gasteiger partial charge in [0.15, 0.2) is 0 Å². The number of nitrogens with zero attached hydrogens (tertiary/aromatic N) is 1. The second-order valence-corrected chi connectivity index (χ2v) is 6.41. The van der Waals surface area contributed by atoms with E-state index in [0.717, 1.165) is 17.9 Å². The van der Waals surface area contributed by atoms with E-state index in [4.69, 9.17) is 9.47 Å². The van der Waals surface area contributed by atoms with Crippen LogP contribution in [0.15, 0.2) is 60.7 Å². The van der Waals surface area contributed by atoms with Gasteiger partial charge in [-0.2, -0.15) is 0 Å². The smallest absolute Gasteiger partial charge is 0.407 e. The third-order valence-electron chi connectivity index (χ3n) is 3.92. The van der Waals surface area contributed by atoms with Crippen molar-refractivity contribution in [2.75, 3.05) is 33.8 Å². The van der Waals surface area contributed by atoms with Crippen molar-refractivity contribution in [3.8, 4) is 5.75 Å². The Kier molecular flexibility index (Phi) is 10.3. The van der Waals surface area contributed by atoms with Gasteiger partial charge in [-0.1, -0.05) is 48.5 Å². The first kappa shape index (κ1) is 22.8. The van der Waals surface area contributed by atoms with E-state index in [2.05, 4.69) is 10.2 Å². The van der Waals surface area contributed by atoms with E-state index in [0.29, 0.717) is 13.2 Å². The molecule has 0 aliphatic rings. The maximum absolute atomic E-state index is 12.1. The topological polar surface area (TPSA) is 50.8 Å². The van der Waals surface area contributed by atoms with Crippen molar-refractivity contribution in [1.82, 2.24) is 10.2 Å². The van der Waals surface area contributed by atoms with E-state index < -0.39 is 12.2 Å². The van der Waals surface area contributed by atoms with E-state index in [9.17, 15) is 4.79 Å². The molecule has 0 saturated heterocycles. The number of nitrogens with one attached hydrogen (secondary N) is 1. The number of amides is 1. The van der Waals surface area contributed by atoms with Gasteiger partial charge in [0.2, 0.25) is 0 Å². The van der Waals surface area contributed by atoms with Gasteiger partial charge in [0.1, 0.15) is 11.9 Å². The molecule has 0 radical (unpaired) electrons. The monoisotopic (exact) mass is 392 g/mol. The number of hydrogen-bond acceptors (Lipinski definition) is 4. The Morgan fingerprint density at radius 2 is 1.63 bits per heavy atom. The number of benzene rings is 2. The summed E-state index contributed by atoms with van der Waals surface area (Å²) in [6.07, 6.45) is -0.807. The summed E-state index contributed by atoms with van der Waals surface area (Å²) in [6, 6.07) is 19.5. The number of rotatable bonds is 9. The van der Waals surface area contributed by atoms with E-state index in [1.54, 1.807) is 0 Å². The number of ether oxygens (including phenoxy) is 2. The Hall–Kier alpha value is -2.24. The Morgan fingerprint density at radius 1 is 1.04 bits per heavy atom. The number of carbonyl (C=O) groups is 1. The number of halogens is 1. The molecule has 148 valence electrons. The molecule has 0 aliphatic carbocycles. The first-order valence-electron chi connectivity index (χ1n) is 8.92. The second-order valence-electron chi connectivity index (χ2n) is 6.41. The van der Waals surface area contributed by atoms with Gasteiger partial charge in [-0.15, -0.1) is 12.4 Å². The lowest BCUT2D eigenvalue weighted by molar-refractivity contribution is 0.0324. The van der Waals surface area contributed by atoms with E-state index in [1.165, 1.54) is 0 Å². The fraction of sp³-hybridized carbons (Fsp3) is 0.381. The van der Waals surface area contributed by atoms with E-state index in [1.807, 2.05) is 81.7 Å². The van der Waals surface area contributed by atoms with Crippen molar-refractivity contribution in [1.29, 1.82) is 0 Å². The van der Waals surface area contributed by atoms with E-state index >= 15 is 0 Å². The SMILES string of the molecule is CCNC(=O)OC(c1ccccc1)C(COc1ccccc1)CN(C)C.Cl.